The molecule has 3 N–H and O–H groups in total. The van der Waals surface area contributed by atoms with Crippen LogP contribution in [-0.2, 0) is 13.6 Å². The summed E-state index contributed by atoms with van der Waals surface area (Å²) in [7, 11) is 1.99. The van der Waals surface area contributed by atoms with Crippen LogP contribution < -0.4 is 22.7 Å². The van der Waals surface area contributed by atoms with Gasteiger partial charge in [-0.2, -0.15) is 4.98 Å². The number of hydrogen-bond acceptors (Lipinski definition) is 4. The van der Waals surface area contributed by atoms with Crippen LogP contribution in [-0.4, -0.2) is 26.2 Å². The van der Waals surface area contributed by atoms with Crippen LogP contribution in [0.1, 0.15) is 66.2 Å². The fourth-order valence-corrected chi connectivity index (χ4v) is 6.65. The average Bonchev–Trinajstić information content (AvgIpc) is 3.10. The Labute approximate surface area is 204 Å². The van der Waals surface area contributed by atoms with E-state index < -0.39 is 0 Å². The summed E-state index contributed by atoms with van der Waals surface area (Å²) in [6.45, 7) is 10.6. The van der Waals surface area contributed by atoms with Crippen LogP contribution >= 0.6 is 0 Å². The van der Waals surface area contributed by atoms with Gasteiger partial charge < -0.3 is 23.2 Å². The average molecular weight is 474 g/mol. The first kappa shape index (κ1) is 25.7. The number of aliphatic hydroxyl groups excluding tert-OH is 1. The Balaban J connectivity index is 0.00000306. The van der Waals surface area contributed by atoms with Crippen molar-refractivity contribution in [2.24, 2.45) is 29.7 Å². The van der Waals surface area contributed by atoms with Crippen molar-refractivity contribution in [2.45, 2.75) is 72.8 Å². The lowest BCUT2D eigenvalue weighted by Gasteiger charge is -2.58. The number of nitrogens with two attached hydrogens (primary N) is 1. The molecular formula is C26H40ClN5O. The van der Waals surface area contributed by atoms with E-state index in [1.165, 1.54) is 43.2 Å². The molecule has 4 atom stereocenters. The van der Waals surface area contributed by atoms with E-state index in [-0.39, 0.29) is 24.4 Å². The van der Waals surface area contributed by atoms with Gasteiger partial charge in [0.05, 0.1) is 20.2 Å². The highest BCUT2D eigenvalue weighted by Crippen LogP contribution is 2.61. The molecule has 7 heteroatoms. The Bertz CT molecular complexity index is 1060. The molecule has 0 saturated heterocycles. The monoisotopic (exact) mass is 473 g/mol. The second-order valence-electron chi connectivity index (χ2n) is 10.7. The summed E-state index contributed by atoms with van der Waals surface area (Å²) in [5.74, 6) is 1.87. The molecule has 182 valence electrons. The van der Waals surface area contributed by atoms with Gasteiger partial charge in [-0.3, -0.25) is 4.57 Å². The van der Waals surface area contributed by atoms with E-state index in [1.807, 2.05) is 17.9 Å². The maximum atomic E-state index is 10.0. The molecule has 1 fully saturated rings. The number of halogens is 1. The number of rotatable bonds is 6. The highest BCUT2D eigenvalue weighted by Gasteiger charge is 2.53. The highest BCUT2D eigenvalue weighted by molar-refractivity contribution is 5.79. The predicted molar refractivity (Wildman–Crippen MR) is 129 cm³/mol. The van der Waals surface area contributed by atoms with Crippen molar-refractivity contribution in [1.82, 2.24) is 14.5 Å². The topological polar surface area (TPSA) is 80.8 Å². The van der Waals surface area contributed by atoms with Gasteiger partial charge in [0.15, 0.2) is 18.5 Å². The van der Waals surface area contributed by atoms with Crippen LogP contribution in [0.4, 0.5) is 5.82 Å². The SMILES string of the molecule is C/C(=C\Cn1c[n+](C)c2ncnc(N)c21)CC[C@]1(C)[C@@H](C)CC[C@@]2(C)C(CO)=CCC[C@@H]12.[Cl-]. The van der Waals surface area contributed by atoms with Crippen molar-refractivity contribution in [3.63, 3.8) is 0 Å². The minimum atomic E-state index is 0. The molecule has 2 heterocycles. The van der Waals surface area contributed by atoms with Crippen molar-refractivity contribution in [3.05, 3.63) is 36.0 Å². The number of nitrogen functional groups attached to an aromatic ring is 1. The molecule has 0 bridgehead atoms. The molecular weight excluding hydrogens is 434 g/mol. The number of fused-ring (bicyclic) bond motifs is 2. The van der Waals surface area contributed by atoms with Crippen LogP contribution in [0.15, 0.2) is 36.0 Å². The third-order valence-corrected chi connectivity index (χ3v) is 9.00. The number of aryl methyl sites for hydroxylation is 1. The smallest absolute Gasteiger partial charge is 0.307 e. The third kappa shape index (κ3) is 4.44. The van der Waals surface area contributed by atoms with E-state index in [9.17, 15) is 5.11 Å². The van der Waals surface area contributed by atoms with E-state index in [4.69, 9.17) is 5.73 Å². The summed E-state index contributed by atoms with van der Waals surface area (Å²) in [4.78, 5) is 8.54. The predicted octanol–water partition coefficient (Wildman–Crippen LogP) is 1.34. The summed E-state index contributed by atoms with van der Waals surface area (Å²) in [5.41, 5.74) is 11.0. The van der Waals surface area contributed by atoms with Gasteiger partial charge in [0.25, 0.3) is 0 Å². The largest absolute Gasteiger partial charge is 1.00 e. The van der Waals surface area contributed by atoms with Crippen molar-refractivity contribution >= 4 is 17.0 Å². The van der Waals surface area contributed by atoms with Gasteiger partial charge in [-0.15, -0.1) is 0 Å². The zero-order valence-electron chi connectivity index (χ0n) is 20.8. The van der Waals surface area contributed by atoms with Gasteiger partial charge in [0, 0.05) is 0 Å². The second kappa shape index (κ2) is 9.75. The first-order chi connectivity index (χ1) is 15.2. The lowest BCUT2D eigenvalue weighted by Crippen LogP contribution is -3.00. The Kier molecular flexibility index (Phi) is 7.59. The Hall–Kier alpha value is -1.92. The molecule has 0 unspecified atom stereocenters. The highest BCUT2D eigenvalue weighted by atomic mass is 35.5. The van der Waals surface area contributed by atoms with Crippen molar-refractivity contribution in [2.75, 3.05) is 12.3 Å². The molecule has 0 amide bonds. The third-order valence-electron chi connectivity index (χ3n) is 9.00. The first-order valence-electron chi connectivity index (χ1n) is 12.1. The minimum absolute atomic E-state index is 0. The van der Waals surface area contributed by atoms with Gasteiger partial charge >= 0.3 is 5.65 Å². The summed E-state index contributed by atoms with van der Waals surface area (Å²) in [6.07, 6.45) is 15.3. The molecule has 2 aliphatic rings. The molecule has 2 aromatic rings. The Morgan fingerprint density at radius 3 is 2.82 bits per heavy atom. The number of imidazole rings is 1. The number of aliphatic hydroxyl groups is 1. The molecule has 33 heavy (non-hydrogen) atoms. The van der Waals surface area contributed by atoms with E-state index in [1.54, 1.807) is 0 Å². The van der Waals surface area contributed by atoms with Crippen molar-refractivity contribution < 1.29 is 22.1 Å². The van der Waals surface area contributed by atoms with Crippen molar-refractivity contribution in [1.29, 1.82) is 0 Å². The summed E-state index contributed by atoms with van der Waals surface area (Å²) >= 11 is 0. The van der Waals surface area contributed by atoms with Crippen LogP contribution in [0.3, 0.4) is 0 Å². The lowest BCUT2D eigenvalue weighted by atomic mass is 9.47. The summed E-state index contributed by atoms with van der Waals surface area (Å²) in [5, 5.41) is 10.0. The lowest BCUT2D eigenvalue weighted by molar-refractivity contribution is -0.647. The summed E-state index contributed by atoms with van der Waals surface area (Å²) < 4.78 is 4.13. The quantitative estimate of drug-likeness (QED) is 0.490. The van der Waals surface area contributed by atoms with E-state index in [2.05, 4.69) is 54.4 Å². The van der Waals surface area contributed by atoms with Crippen molar-refractivity contribution in [3.8, 4) is 0 Å². The molecule has 1 saturated carbocycles. The molecule has 0 aromatic carbocycles. The molecule has 4 rings (SSSR count). The fourth-order valence-electron chi connectivity index (χ4n) is 6.65. The Morgan fingerprint density at radius 2 is 2.09 bits per heavy atom. The maximum absolute atomic E-state index is 10.0. The van der Waals surface area contributed by atoms with Crippen LogP contribution in [0, 0.1) is 22.7 Å². The molecule has 2 aliphatic carbocycles. The summed E-state index contributed by atoms with van der Waals surface area (Å²) in [6, 6.07) is 0. The number of allylic oxidation sites excluding steroid dienone is 3. The zero-order chi connectivity index (χ0) is 23.1. The van der Waals surface area contributed by atoms with Gasteiger partial charge in [0.1, 0.15) is 0 Å². The first-order valence-corrected chi connectivity index (χ1v) is 12.1. The van der Waals surface area contributed by atoms with Crippen LogP contribution in [0.5, 0.6) is 0 Å². The van der Waals surface area contributed by atoms with Gasteiger partial charge in [-0.25, -0.2) is 4.57 Å². The van der Waals surface area contributed by atoms with E-state index in [0.29, 0.717) is 23.1 Å². The molecule has 0 radical (unpaired) electrons. The molecule has 2 aromatic heterocycles. The van der Waals surface area contributed by atoms with Gasteiger partial charge in [-0.05, 0) is 73.7 Å². The standard InChI is InChI=1S/C26H40N5O.ClH/c1-18(11-14-31-17-30(5)24-22(31)23(27)28-16-29-24)9-12-25(3)19(2)10-13-26(4)20(15-32)7-6-8-21(25)26;/h7,11,16-17,19,21,32H,6,8-10,12-15H2,1-5H3,(H2,27,28,29);1H/q+1;/p-1/b18-11+;/t19-,21-,25+,26-;/m0./s1. The maximum Gasteiger partial charge on any atom is 0.307 e. The number of anilines is 1. The van der Waals surface area contributed by atoms with Crippen LogP contribution in [0.2, 0.25) is 0 Å². The molecule has 0 spiro atoms. The van der Waals surface area contributed by atoms with E-state index in [0.717, 1.165) is 30.6 Å². The number of aromatic nitrogens is 4. The fraction of sp³-hybridized carbons (Fsp3) is 0.654. The molecule has 0 aliphatic heterocycles. The normalized spacial score (nSPS) is 30.0. The van der Waals surface area contributed by atoms with E-state index >= 15 is 0 Å². The number of nitrogens with zero attached hydrogens (tertiary/aromatic N) is 4. The van der Waals surface area contributed by atoms with Gasteiger partial charge in [0.2, 0.25) is 5.52 Å². The van der Waals surface area contributed by atoms with Gasteiger partial charge in [-0.1, -0.05) is 43.5 Å². The Morgan fingerprint density at radius 1 is 1.33 bits per heavy atom. The number of hydrogen-bond donors (Lipinski definition) is 2. The minimum Gasteiger partial charge on any atom is -1.00 e. The zero-order valence-corrected chi connectivity index (χ0v) is 21.6. The second-order valence-corrected chi connectivity index (χ2v) is 10.7. The van der Waals surface area contributed by atoms with Crippen LogP contribution in [0.25, 0.3) is 11.2 Å². The molecule has 6 nitrogen and oxygen atoms in total.